The molecule has 1 aromatic carbocycles. The van der Waals surface area contributed by atoms with E-state index in [-0.39, 0.29) is 18.0 Å². The van der Waals surface area contributed by atoms with Gasteiger partial charge in [-0.25, -0.2) is 4.79 Å². The van der Waals surface area contributed by atoms with E-state index >= 15 is 0 Å². The lowest BCUT2D eigenvalue weighted by molar-refractivity contribution is -0.111. The minimum Gasteiger partial charge on any atom is -0.459 e. The molecule has 0 radical (unpaired) electrons. The molecule has 0 fully saturated rings. The van der Waals surface area contributed by atoms with Gasteiger partial charge in [-0.05, 0) is 62.8 Å². The lowest BCUT2D eigenvalue weighted by Gasteiger charge is -2.18. The minimum absolute atomic E-state index is 0.230. The Bertz CT molecular complexity index is 945. The molecule has 0 spiro atoms. The Balaban J connectivity index is 1.87. The highest BCUT2D eigenvalue weighted by atomic mass is 35.5. The van der Waals surface area contributed by atoms with Crippen molar-refractivity contribution in [2.24, 2.45) is 5.92 Å². The zero-order valence-corrected chi connectivity index (χ0v) is 18.9. The highest BCUT2D eigenvalue weighted by molar-refractivity contribution is 7.17. The van der Waals surface area contributed by atoms with E-state index in [4.69, 9.17) is 27.9 Å². The highest BCUT2D eigenvalue weighted by Gasteiger charge is 2.29. The summed E-state index contributed by atoms with van der Waals surface area (Å²) in [4.78, 5) is 26.4. The topological polar surface area (TPSA) is 55.4 Å². The Kier molecular flexibility index (Phi) is 7.04. The third-order valence-electron chi connectivity index (χ3n) is 4.70. The van der Waals surface area contributed by atoms with Crippen molar-refractivity contribution in [2.45, 2.75) is 46.1 Å². The molecule has 0 bridgehead atoms. The van der Waals surface area contributed by atoms with Gasteiger partial charge in [0.15, 0.2) is 0 Å². The summed E-state index contributed by atoms with van der Waals surface area (Å²) in [5.74, 6) is -0.187. The molecule has 1 aromatic heterocycles. The first-order valence-corrected chi connectivity index (χ1v) is 11.1. The first-order valence-electron chi connectivity index (χ1n) is 9.54. The molecule has 1 aliphatic rings. The molecule has 1 aliphatic carbocycles. The zero-order valence-electron chi connectivity index (χ0n) is 16.6. The summed E-state index contributed by atoms with van der Waals surface area (Å²) in [6.45, 7) is 5.82. The molecule has 7 heteroatoms. The van der Waals surface area contributed by atoms with Crippen molar-refractivity contribution in [3.05, 3.63) is 55.9 Å². The third-order valence-corrected chi connectivity index (χ3v) is 6.53. The first-order chi connectivity index (χ1) is 13.8. The second-order valence-corrected chi connectivity index (χ2v) is 9.39. The van der Waals surface area contributed by atoms with Crippen LogP contribution in [0.25, 0.3) is 6.08 Å². The van der Waals surface area contributed by atoms with E-state index in [2.05, 4.69) is 12.2 Å². The fourth-order valence-electron chi connectivity index (χ4n) is 3.31. The summed E-state index contributed by atoms with van der Waals surface area (Å²) in [5, 5.41) is 4.31. The van der Waals surface area contributed by atoms with Gasteiger partial charge in [0.05, 0.1) is 11.7 Å². The van der Waals surface area contributed by atoms with Gasteiger partial charge in [0.25, 0.3) is 0 Å². The molecule has 29 heavy (non-hydrogen) atoms. The van der Waals surface area contributed by atoms with E-state index in [1.165, 1.54) is 17.4 Å². The second-order valence-electron chi connectivity index (χ2n) is 7.47. The number of fused-ring (bicyclic) bond motifs is 1. The molecule has 1 heterocycles. The molecule has 0 saturated carbocycles. The smallest absolute Gasteiger partial charge is 0.341 e. The number of benzene rings is 1. The van der Waals surface area contributed by atoms with Crippen LogP contribution in [-0.4, -0.2) is 18.0 Å². The van der Waals surface area contributed by atoms with Crippen molar-refractivity contribution in [1.29, 1.82) is 0 Å². The average molecular weight is 452 g/mol. The number of carbonyl (C=O) groups is 2. The second kappa shape index (κ2) is 9.33. The quantitative estimate of drug-likeness (QED) is 0.422. The van der Waals surface area contributed by atoms with Gasteiger partial charge in [0, 0.05) is 26.6 Å². The van der Waals surface area contributed by atoms with Crippen molar-refractivity contribution in [3.63, 3.8) is 0 Å². The Labute approximate surface area is 184 Å². The number of anilines is 1. The molecule has 2 aromatic rings. The number of nitrogens with one attached hydrogen (secondary N) is 1. The summed E-state index contributed by atoms with van der Waals surface area (Å²) in [5.41, 5.74) is 2.07. The molecule has 4 nitrogen and oxygen atoms in total. The fourth-order valence-corrected chi connectivity index (χ4v) is 5.24. The maximum absolute atomic E-state index is 12.7. The molecular formula is C22H23Cl2NO3S. The van der Waals surface area contributed by atoms with Gasteiger partial charge in [0.1, 0.15) is 5.00 Å². The van der Waals surface area contributed by atoms with Crippen molar-refractivity contribution in [1.82, 2.24) is 0 Å². The summed E-state index contributed by atoms with van der Waals surface area (Å²) in [6, 6.07) is 5.16. The molecule has 1 atom stereocenters. The Morgan fingerprint density at radius 2 is 1.97 bits per heavy atom. The summed E-state index contributed by atoms with van der Waals surface area (Å²) in [6.07, 6.45) is 5.45. The number of ether oxygens (including phenoxy) is 1. The monoisotopic (exact) mass is 451 g/mol. The van der Waals surface area contributed by atoms with Gasteiger partial charge >= 0.3 is 5.97 Å². The van der Waals surface area contributed by atoms with Crippen LogP contribution in [-0.2, 0) is 22.4 Å². The summed E-state index contributed by atoms with van der Waals surface area (Å²) in [7, 11) is 0. The largest absolute Gasteiger partial charge is 0.459 e. The lowest BCUT2D eigenvalue weighted by Crippen LogP contribution is -2.18. The van der Waals surface area contributed by atoms with Crippen LogP contribution in [0, 0.1) is 5.92 Å². The molecule has 0 aliphatic heterocycles. The lowest BCUT2D eigenvalue weighted by atomic mass is 9.88. The number of hydrogen-bond donors (Lipinski definition) is 1. The standard InChI is InChI=1S/C22H23Cl2NO3S/c1-12(2)28-22(27)20-15-8-7-13(3)11-18(15)29-21(20)25-19(26)10-9-14-16(23)5-4-6-17(14)24/h4-6,9-10,12-13H,7-8,11H2,1-3H3,(H,25,26). The van der Waals surface area contributed by atoms with Crippen molar-refractivity contribution in [3.8, 4) is 0 Å². The van der Waals surface area contributed by atoms with E-state index in [1.807, 2.05) is 13.8 Å². The van der Waals surface area contributed by atoms with Gasteiger partial charge in [-0.3, -0.25) is 4.79 Å². The highest BCUT2D eigenvalue weighted by Crippen LogP contribution is 2.40. The number of rotatable bonds is 5. The third kappa shape index (κ3) is 5.21. The van der Waals surface area contributed by atoms with Crippen LogP contribution in [0.4, 0.5) is 5.00 Å². The number of thiophene rings is 1. The van der Waals surface area contributed by atoms with Gasteiger partial charge < -0.3 is 10.1 Å². The van der Waals surface area contributed by atoms with Crippen LogP contribution in [0.1, 0.15) is 53.6 Å². The van der Waals surface area contributed by atoms with Crippen LogP contribution >= 0.6 is 34.5 Å². The summed E-state index contributed by atoms with van der Waals surface area (Å²) >= 11 is 13.7. The van der Waals surface area contributed by atoms with Crippen molar-refractivity contribution < 1.29 is 14.3 Å². The normalized spacial score (nSPS) is 16.1. The number of amides is 1. The maximum atomic E-state index is 12.7. The molecule has 1 N–H and O–H groups in total. The van der Waals surface area contributed by atoms with Gasteiger partial charge in [0.2, 0.25) is 5.91 Å². The van der Waals surface area contributed by atoms with Crippen LogP contribution < -0.4 is 5.32 Å². The van der Waals surface area contributed by atoms with E-state index in [9.17, 15) is 9.59 Å². The Hall–Kier alpha value is -1.82. The molecule has 1 unspecified atom stereocenters. The van der Waals surface area contributed by atoms with Crippen molar-refractivity contribution in [2.75, 3.05) is 5.32 Å². The number of hydrogen-bond acceptors (Lipinski definition) is 4. The number of carbonyl (C=O) groups excluding carboxylic acids is 2. The van der Waals surface area contributed by atoms with Crippen LogP contribution in [0.15, 0.2) is 24.3 Å². The summed E-state index contributed by atoms with van der Waals surface area (Å²) < 4.78 is 5.43. The van der Waals surface area contributed by atoms with E-state index in [0.29, 0.717) is 32.1 Å². The predicted molar refractivity (Wildman–Crippen MR) is 120 cm³/mol. The van der Waals surface area contributed by atoms with Gasteiger partial charge in [-0.15, -0.1) is 11.3 Å². The average Bonchev–Trinajstić information content (AvgIpc) is 2.97. The van der Waals surface area contributed by atoms with E-state index in [0.717, 1.165) is 29.7 Å². The van der Waals surface area contributed by atoms with Crippen LogP contribution in [0.3, 0.4) is 0 Å². The number of esters is 1. The Morgan fingerprint density at radius 1 is 1.28 bits per heavy atom. The molecule has 0 saturated heterocycles. The molecular weight excluding hydrogens is 429 g/mol. The fraction of sp³-hybridized carbons (Fsp3) is 0.364. The van der Waals surface area contributed by atoms with Crippen LogP contribution in [0.5, 0.6) is 0 Å². The first kappa shape index (κ1) is 21.9. The zero-order chi connectivity index (χ0) is 21.1. The van der Waals surface area contributed by atoms with E-state index in [1.54, 1.807) is 24.3 Å². The Morgan fingerprint density at radius 3 is 2.62 bits per heavy atom. The molecule has 154 valence electrons. The van der Waals surface area contributed by atoms with Crippen molar-refractivity contribution >= 4 is 57.5 Å². The van der Waals surface area contributed by atoms with Crippen LogP contribution in [0.2, 0.25) is 10.0 Å². The maximum Gasteiger partial charge on any atom is 0.341 e. The SMILES string of the molecule is CC1CCc2c(sc(NC(=O)C=Cc3c(Cl)cccc3Cl)c2C(=O)OC(C)C)C1. The molecule has 1 amide bonds. The molecule has 3 rings (SSSR count). The van der Waals surface area contributed by atoms with Gasteiger partial charge in [-0.1, -0.05) is 36.2 Å². The van der Waals surface area contributed by atoms with E-state index < -0.39 is 0 Å². The van der Waals surface area contributed by atoms with Gasteiger partial charge in [-0.2, -0.15) is 0 Å². The minimum atomic E-state index is -0.388. The predicted octanol–water partition coefficient (Wildman–Crippen LogP) is 6.40. The number of halogens is 2.